The Morgan fingerprint density at radius 1 is 1.24 bits per heavy atom. The number of hydrogen-bond donors (Lipinski definition) is 1. The van der Waals surface area contributed by atoms with Gasteiger partial charge >= 0.3 is 0 Å². The molecule has 3 heteroatoms. The van der Waals surface area contributed by atoms with E-state index in [9.17, 15) is 4.79 Å². The molecule has 1 aromatic carbocycles. The fourth-order valence-electron chi connectivity index (χ4n) is 2.87. The first kappa shape index (κ1) is 16.4. The van der Waals surface area contributed by atoms with Crippen molar-refractivity contribution in [2.75, 3.05) is 12.3 Å². The summed E-state index contributed by atoms with van der Waals surface area (Å²) < 4.78 is 0. The highest BCUT2D eigenvalue weighted by Gasteiger charge is 2.13. The predicted octanol–water partition coefficient (Wildman–Crippen LogP) is 4.03. The lowest BCUT2D eigenvalue weighted by atomic mass is 10.0. The third-order valence-electron chi connectivity index (χ3n) is 4.19. The normalized spacial score (nSPS) is 15.9. The lowest BCUT2D eigenvalue weighted by molar-refractivity contribution is -0.120. The van der Waals surface area contributed by atoms with E-state index in [0.717, 1.165) is 23.1 Å². The van der Waals surface area contributed by atoms with Crippen molar-refractivity contribution in [1.29, 1.82) is 0 Å². The molecule has 2 rings (SSSR count). The van der Waals surface area contributed by atoms with Crippen LogP contribution in [0.1, 0.15) is 48.8 Å². The molecule has 0 atom stereocenters. The molecule has 116 valence electrons. The third-order valence-corrected chi connectivity index (χ3v) is 5.57. The van der Waals surface area contributed by atoms with Crippen molar-refractivity contribution in [2.24, 2.45) is 0 Å². The second kappa shape index (κ2) is 8.47. The Balaban J connectivity index is 1.66. The smallest absolute Gasteiger partial charge is 0.224 e. The quantitative estimate of drug-likeness (QED) is 0.804. The van der Waals surface area contributed by atoms with Gasteiger partial charge < -0.3 is 5.32 Å². The highest BCUT2D eigenvalue weighted by atomic mass is 32.2. The summed E-state index contributed by atoms with van der Waals surface area (Å²) in [5.74, 6) is 1.19. The predicted molar refractivity (Wildman–Crippen MR) is 92.0 cm³/mol. The zero-order valence-corrected chi connectivity index (χ0v) is 14.1. The van der Waals surface area contributed by atoms with Gasteiger partial charge in [-0.05, 0) is 37.8 Å². The van der Waals surface area contributed by atoms with Crippen molar-refractivity contribution in [1.82, 2.24) is 5.32 Å². The topological polar surface area (TPSA) is 29.1 Å². The van der Waals surface area contributed by atoms with Gasteiger partial charge in [0.2, 0.25) is 5.91 Å². The average molecular weight is 305 g/mol. The molecule has 0 aliphatic heterocycles. The van der Waals surface area contributed by atoms with Crippen LogP contribution >= 0.6 is 11.8 Å². The molecule has 1 aliphatic rings. The maximum Gasteiger partial charge on any atom is 0.224 e. The molecule has 0 saturated heterocycles. The first-order valence-corrected chi connectivity index (χ1v) is 9.14. The fraction of sp³-hybridized carbons (Fsp3) is 0.611. The molecular formula is C18H27NOS. The van der Waals surface area contributed by atoms with Crippen LogP contribution in [-0.2, 0) is 11.2 Å². The summed E-state index contributed by atoms with van der Waals surface area (Å²) in [7, 11) is 0. The molecule has 1 saturated carbocycles. The van der Waals surface area contributed by atoms with Crippen LogP contribution in [0.25, 0.3) is 0 Å². The van der Waals surface area contributed by atoms with Gasteiger partial charge in [0.1, 0.15) is 0 Å². The zero-order valence-electron chi connectivity index (χ0n) is 13.3. The van der Waals surface area contributed by atoms with Gasteiger partial charge in [0, 0.05) is 17.5 Å². The molecule has 2 nitrogen and oxygen atoms in total. The number of benzene rings is 1. The summed E-state index contributed by atoms with van der Waals surface area (Å²) in [6.07, 6.45) is 7.40. The Hall–Kier alpha value is -0.960. The first-order valence-electron chi connectivity index (χ1n) is 8.09. The molecule has 1 fully saturated rings. The van der Waals surface area contributed by atoms with Crippen LogP contribution in [0.5, 0.6) is 0 Å². The Bertz CT molecular complexity index is 466. The van der Waals surface area contributed by atoms with Crippen LogP contribution in [0.15, 0.2) is 18.2 Å². The fourth-order valence-corrected chi connectivity index (χ4v) is 4.09. The number of aryl methyl sites for hydroxylation is 2. The third kappa shape index (κ3) is 5.74. The summed E-state index contributed by atoms with van der Waals surface area (Å²) >= 11 is 2.04. The largest absolute Gasteiger partial charge is 0.355 e. The standard InChI is InChI=1S/C18H27NOS/c1-14-8-9-15(2)16(12-14)13-18(20)19-10-11-21-17-6-4-3-5-7-17/h8-9,12,17H,3-7,10-11,13H2,1-2H3,(H,19,20). The lowest BCUT2D eigenvalue weighted by Gasteiger charge is -2.20. The number of nitrogens with one attached hydrogen (secondary N) is 1. The molecule has 1 amide bonds. The van der Waals surface area contributed by atoms with Gasteiger partial charge in [0.15, 0.2) is 0 Å². The molecule has 0 heterocycles. The summed E-state index contributed by atoms with van der Waals surface area (Å²) in [6, 6.07) is 6.31. The van der Waals surface area contributed by atoms with Gasteiger partial charge in [-0.2, -0.15) is 11.8 Å². The summed E-state index contributed by atoms with van der Waals surface area (Å²) in [4.78, 5) is 12.0. The zero-order chi connectivity index (χ0) is 15.1. The van der Waals surface area contributed by atoms with Crippen LogP contribution in [0.3, 0.4) is 0 Å². The minimum atomic E-state index is 0.146. The average Bonchev–Trinajstić information content (AvgIpc) is 2.48. The summed E-state index contributed by atoms with van der Waals surface area (Å²) in [6.45, 7) is 4.94. The highest BCUT2D eigenvalue weighted by molar-refractivity contribution is 7.99. The molecule has 21 heavy (non-hydrogen) atoms. The van der Waals surface area contributed by atoms with E-state index in [1.807, 2.05) is 11.8 Å². The number of hydrogen-bond acceptors (Lipinski definition) is 2. The minimum absolute atomic E-state index is 0.146. The van der Waals surface area contributed by atoms with Crippen molar-refractivity contribution < 1.29 is 4.79 Å². The van der Waals surface area contributed by atoms with Crippen LogP contribution in [0.2, 0.25) is 0 Å². The number of carbonyl (C=O) groups is 1. The van der Waals surface area contributed by atoms with E-state index >= 15 is 0 Å². The molecule has 1 N–H and O–H groups in total. The summed E-state index contributed by atoms with van der Waals surface area (Å²) in [5, 5.41) is 3.89. The van der Waals surface area contributed by atoms with Gasteiger partial charge in [-0.3, -0.25) is 4.79 Å². The van der Waals surface area contributed by atoms with E-state index in [-0.39, 0.29) is 5.91 Å². The van der Waals surface area contributed by atoms with Crippen LogP contribution < -0.4 is 5.32 Å². The summed E-state index contributed by atoms with van der Waals surface area (Å²) in [5.41, 5.74) is 3.57. The van der Waals surface area contributed by atoms with Crippen molar-refractivity contribution in [3.05, 3.63) is 34.9 Å². The Morgan fingerprint density at radius 3 is 2.76 bits per heavy atom. The SMILES string of the molecule is Cc1ccc(C)c(CC(=O)NCCSC2CCCCC2)c1. The molecule has 0 radical (unpaired) electrons. The molecule has 0 aromatic heterocycles. The van der Waals surface area contributed by atoms with E-state index in [1.165, 1.54) is 43.2 Å². The monoisotopic (exact) mass is 305 g/mol. The van der Waals surface area contributed by atoms with Gasteiger partial charge in [-0.25, -0.2) is 0 Å². The number of amides is 1. The van der Waals surface area contributed by atoms with Crippen molar-refractivity contribution >= 4 is 17.7 Å². The first-order chi connectivity index (χ1) is 10.1. The van der Waals surface area contributed by atoms with Gasteiger partial charge in [0.05, 0.1) is 6.42 Å². The van der Waals surface area contributed by atoms with E-state index in [0.29, 0.717) is 6.42 Å². The van der Waals surface area contributed by atoms with E-state index in [4.69, 9.17) is 0 Å². The number of thioether (sulfide) groups is 1. The minimum Gasteiger partial charge on any atom is -0.355 e. The van der Waals surface area contributed by atoms with Crippen LogP contribution in [0.4, 0.5) is 0 Å². The second-order valence-corrected chi connectivity index (χ2v) is 7.50. The number of rotatable bonds is 6. The Morgan fingerprint density at radius 2 is 2.00 bits per heavy atom. The van der Waals surface area contributed by atoms with Gasteiger partial charge in [-0.1, -0.05) is 43.0 Å². The van der Waals surface area contributed by atoms with Crippen LogP contribution in [0, 0.1) is 13.8 Å². The lowest BCUT2D eigenvalue weighted by Crippen LogP contribution is -2.28. The van der Waals surface area contributed by atoms with E-state index < -0.39 is 0 Å². The van der Waals surface area contributed by atoms with Crippen molar-refractivity contribution in [2.45, 2.75) is 57.6 Å². The van der Waals surface area contributed by atoms with Crippen molar-refractivity contribution in [3.63, 3.8) is 0 Å². The molecular weight excluding hydrogens is 278 g/mol. The van der Waals surface area contributed by atoms with Crippen molar-refractivity contribution in [3.8, 4) is 0 Å². The Kier molecular flexibility index (Phi) is 6.62. The maximum atomic E-state index is 12.0. The van der Waals surface area contributed by atoms with E-state index in [1.54, 1.807) is 0 Å². The molecule has 0 unspecified atom stereocenters. The molecule has 0 spiro atoms. The molecule has 1 aliphatic carbocycles. The number of carbonyl (C=O) groups excluding carboxylic acids is 1. The van der Waals surface area contributed by atoms with Gasteiger partial charge in [-0.15, -0.1) is 0 Å². The van der Waals surface area contributed by atoms with E-state index in [2.05, 4.69) is 37.4 Å². The molecule has 1 aromatic rings. The maximum absolute atomic E-state index is 12.0. The Labute approximate surface area is 133 Å². The van der Waals surface area contributed by atoms with Crippen LogP contribution in [-0.4, -0.2) is 23.5 Å². The second-order valence-electron chi connectivity index (χ2n) is 6.09. The van der Waals surface area contributed by atoms with Gasteiger partial charge in [0.25, 0.3) is 0 Å². The molecule has 0 bridgehead atoms. The highest BCUT2D eigenvalue weighted by Crippen LogP contribution is 2.27.